The minimum Gasteiger partial charge on any atom is -0.433 e. The molecule has 2 aliphatic carbocycles. The third-order valence-corrected chi connectivity index (χ3v) is 6.18. The van der Waals surface area contributed by atoms with Gasteiger partial charge in [0.2, 0.25) is 5.79 Å². The lowest BCUT2D eigenvalue weighted by molar-refractivity contribution is -0.206. The molecule has 0 aromatic carbocycles. The first kappa shape index (κ1) is 8.33. The molecule has 0 aromatic heterocycles. The standard InChI is InChI=1S/C10H11IO3/c1-10-6-4-2-3(5(6)9(12)14-10)7(11)8(4)13-10/h3-8H,2H2,1H3/t3-,4+,5+,6+,7-,8-,10?/m0/s1. The molecule has 1 unspecified atom stereocenters. The number of fused-ring (bicyclic) bond motifs is 2. The van der Waals surface area contributed by atoms with E-state index in [4.69, 9.17) is 9.47 Å². The van der Waals surface area contributed by atoms with E-state index in [1.165, 1.54) is 6.42 Å². The Morgan fingerprint density at radius 1 is 1.50 bits per heavy atom. The van der Waals surface area contributed by atoms with E-state index in [1.807, 2.05) is 6.92 Å². The third-order valence-electron chi connectivity index (χ3n) is 4.55. The fourth-order valence-electron chi connectivity index (χ4n) is 4.18. The Labute approximate surface area is 95.7 Å². The van der Waals surface area contributed by atoms with Crippen molar-refractivity contribution >= 4 is 28.6 Å². The second kappa shape index (κ2) is 2.14. The highest BCUT2D eigenvalue weighted by Crippen LogP contribution is 2.68. The van der Waals surface area contributed by atoms with Crippen molar-refractivity contribution in [2.75, 3.05) is 0 Å². The summed E-state index contributed by atoms with van der Waals surface area (Å²) >= 11 is 2.46. The first-order valence-electron chi connectivity index (χ1n) is 5.16. The zero-order valence-corrected chi connectivity index (χ0v) is 9.93. The molecule has 4 heteroatoms. The summed E-state index contributed by atoms with van der Waals surface area (Å²) in [5.41, 5.74) is 0. The Balaban J connectivity index is 1.92. The lowest BCUT2D eigenvalue weighted by atomic mass is 9.79. The van der Waals surface area contributed by atoms with E-state index in [9.17, 15) is 4.79 Å². The molecule has 4 aliphatic rings. The van der Waals surface area contributed by atoms with Crippen LogP contribution < -0.4 is 0 Å². The summed E-state index contributed by atoms with van der Waals surface area (Å²) in [6, 6.07) is 0. The number of halogens is 1. The molecule has 0 radical (unpaired) electrons. The van der Waals surface area contributed by atoms with Crippen LogP contribution in [0.1, 0.15) is 13.3 Å². The fraction of sp³-hybridized carbons (Fsp3) is 0.900. The SMILES string of the molecule is CC12OC(=O)[C@@H]3[C@@H]4C[C@@H]([C@H](O1)[C@H]4I)[C@H]32. The fourth-order valence-corrected chi connectivity index (χ4v) is 5.60. The van der Waals surface area contributed by atoms with Gasteiger partial charge in [-0.25, -0.2) is 0 Å². The average Bonchev–Trinajstić information content (AvgIpc) is 2.72. The highest BCUT2D eigenvalue weighted by molar-refractivity contribution is 14.1. The largest absolute Gasteiger partial charge is 0.433 e. The van der Waals surface area contributed by atoms with Gasteiger partial charge in [-0.2, -0.15) is 0 Å². The maximum atomic E-state index is 11.7. The molecule has 2 aliphatic heterocycles. The van der Waals surface area contributed by atoms with Crippen LogP contribution in [0.15, 0.2) is 0 Å². The van der Waals surface area contributed by atoms with E-state index in [1.54, 1.807) is 0 Å². The number of rotatable bonds is 0. The third kappa shape index (κ3) is 0.653. The van der Waals surface area contributed by atoms with Crippen molar-refractivity contribution in [3.63, 3.8) is 0 Å². The lowest BCUT2D eigenvalue weighted by Crippen LogP contribution is -2.35. The molecule has 0 N–H and O–H groups in total. The Hall–Kier alpha value is 0.160. The molecular formula is C10H11IO3. The van der Waals surface area contributed by atoms with Crippen LogP contribution in [0.4, 0.5) is 0 Å². The molecule has 7 atom stereocenters. The molecule has 2 bridgehead atoms. The van der Waals surface area contributed by atoms with E-state index < -0.39 is 5.79 Å². The molecule has 0 aromatic rings. The molecule has 14 heavy (non-hydrogen) atoms. The van der Waals surface area contributed by atoms with E-state index >= 15 is 0 Å². The Kier molecular flexibility index (Phi) is 1.27. The summed E-state index contributed by atoms with van der Waals surface area (Å²) < 4.78 is 11.9. The van der Waals surface area contributed by atoms with Crippen molar-refractivity contribution in [3.05, 3.63) is 0 Å². The van der Waals surface area contributed by atoms with Gasteiger partial charge >= 0.3 is 5.97 Å². The Morgan fingerprint density at radius 2 is 2.29 bits per heavy atom. The van der Waals surface area contributed by atoms with Gasteiger partial charge in [-0.05, 0) is 18.3 Å². The molecule has 2 saturated carbocycles. The van der Waals surface area contributed by atoms with E-state index in [2.05, 4.69) is 22.6 Å². The van der Waals surface area contributed by atoms with Gasteiger partial charge in [0.15, 0.2) is 0 Å². The van der Waals surface area contributed by atoms with Gasteiger partial charge in [0, 0.05) is 16.8 Å². The number of carbonyl (C=O) groups excluding carboxylic acids is 1. The van der Waals surface area contributed by atoms with E-state index in [-0.39, 0.29) is 11.9 Å². The molecule has 76 valence electrons. The van der Waals surface area contributed by atoms with Gasteiger partial charge < -0.3 is 9.47 Å². The van der Waals surface area contributed by atoms with Gasteiger partial charge in [-0.15, -0.1) is 0 Å². The normalized spacial score (nSPS) is 67.7. The van der Waals surface area contributed by atoms with Crippen LogP contribution in [0.3, 0.4) is 0 Å². The molecular weight excluding hydrogens is 295 g/mol. The predicted molar refractivity (Wildman–Crippen MR) is 55.8 cm³/mol. The molecule has 4 fully saturated rings. The summed E-state index contributed by atoms with van der Waals surface area (Å²) in [6.45, 7) is 1.94. The molecule has 0 spiro atoms. The quantitative estimate of drug-likeness (QED) is 0.385. The van der Waals surface area contributed by atoms with Crippen LogP contribution in [0.25, 0.3) is 0 Å². The second-order valence-electron chi connectivity index (χ2n) is 5.08. The summed E-state index contributed by atoms with van der Waals surface area (Å²) in [7, 11) is 0. The highest BCUT2D eigenvalue weighted by Gasteiger charge is 2.75. The second-order valence-corrected chi connectivity index (χ2v) is 6.52. The van der Waals surface area contributed by atoms with Crippen LogP contribution in [0, 0.1) is 23.7 Å². The number of hydrogen-bond donors (Lipinski definition) is 0. The first-order valence-corrected chi connectivity index (χ1v) is 6.41. The van der Waals surface area contributed by atoms with E-state index in [0.29, 0.717) is 27.8 Å². The summed E-state index contributed by atoms with van der Waals surface area (Å²) in [4.78, 5) is 11.7. The van der Waals surface area contributed by atoms with Gasteiger partial charge in [0.05, 0.1) is 12.0 Å². The van der Waals surface area contributed by atoms with Crippen molar-refractivity contribution < 1.29 is 14.3 Å². The first-order chi connectivity index (χ1) is 6.62. The number of hydrogen-bond acceptors (Lipinski definition) is 3. The van der Waals surface area contributed by atoms with Crippen molar-refractivity contribution in [3.8, 4) is 0 Å². The highest BCUT2D eigenvalue weighted by atomic mass is 127. The zero-order chi connectivity index (χ0) is 9.66. The Morgan fingerprint density at radius 3 is 3.07 bits per heavy atom. The number of alkyl halides is 1. The van der Waals surface area contributed by atoms with Crippen LogP contribution in [0.2, 0.25) is 0 Å². The van der Waals surface area contributed by atoms with Crippen molar-refractivity contribution in [2.24, 2.45) is 23.7 Å². The summed E-state index contributed by atoms with van der Waals surface area (Å²) in [5.74, 6) is 1.02. The molecule has 2 saturated heterocycles. The van der Waals surface area contributed by atoms with Crippen LogP contribution in [0.5, 0.6) is 0 Å². The van der Waals surface area contributed by atoms with Gasteiger partial charge in [0.1, 0.15) is 0 Å². The van der Waals surface area contributed by atoms with Gasteiger partial charge in [0.25, 0.3) is 0 Å². The lowest BCUT2D eigenvalue weighted by Gasteiger charge is -2.26. The zero-order valence-electron chi connectivity index (χ0n) is 7.77. The van der Waals surface area contributed by atoms with Gasteiger partial charge in [-0.1, -0.05) is 22.6 Å². The van der Waals surface area contributed by atoms with Crippen molar-refractivity contribution in [2.45, 2.75) is 29.2 Å². The maximum absolute atomic E-state index is 11.7. The number of esters is 1. The Bertz CT molecular complexity index is 344. The minimum atomic E-state index is -0.578. The van der Waals surface area contributed by atoms with E-state index in [0.717, 1.165) is 0 Å². The molecule has 3 nitrogen and oxygen atoms in total. The minimum absolute atomic E-state index is 0.00943. The molecule has 2 heterocycles. The predicted octanol–water partition coefficient (Wildman–Crippen LogP) is 1.34. The van der Waals surface area contributed by atoms with Gasteiger partial charge in [-0.3, -0.25) is 4.79 Å². The topological polar surface area (TPSA) is 35.5 Å². The number of carbonyl (C=O) groups is 1. The van der Waals surface area contributed by atoms with Crippen LogP contribution in [-0.2, 0) is 14.3 Å². The summed E-state index contributed by atoms with van der Waals surface area (Å²) in [6.07, 6.45) is 1.53. The monoisotopic (exact) mass is 306 g/mol. The van der Waals surface area contributed by atoms with Crippen LogP contribution in [-0.4, -0.2) is 21.8 Å². The number of ether oxygens (including phenoxy) is 2. The smallest absolute Gasteiger partial charge is 0.312 e. The van der Waals surface area contributed by atoms with Crippen LogP contribution >= 0.6 is 22.6 Å². The van der Waals surface area contributed by atoms with Crippen molar-refractivity contribution in [1.82, 2.24) is 0 Å². The van der Waals surface area contributed by atoms with Crippen molar-refractivity contribution in [1.29, 1.82) is 0 Å². The molecule has 0 amide bonds. The molecule has 4 rings (SSSR count). The average molecular weight is 306 g/mol. The maximum Gasteiger partial charge on any atom is 0.312 e. The summed E-state index contributed by atoms with van der Waals surface area (Å²) in [5, 5.41) is 0.